The molecule has 1 aromatic rings. The lowest BCUT2D eigenvalue weighted by Crippen LogP contribution is -2.77. The van der Waals surface area contributed by atoms with Crippen molar-refractivity contribution in [1.29, 1.82) is 0 Å². The fourth-order valence-corrected chi connectivity index (χ4v) is 3.40. The highest BCUT2D eigenvalue weighted by atomic mass is 19.3. The summed E-state index contributed by atoms with van der Waals surface area (Å²) >= 11 is 0. The number of rotatable bonds is 3. The predicted octanol–water partition coefficient (Wildman–Crippen LogP) is 2.26. The number of hydrogen-bond acceptors (Lipinski definition) is 2. The van der Waals surface area contributed by atoms with E-state index in [1.807, 2.05) is 12.1 Å². The van der Waals surface area contributed by atoms with Crippen LogP contribution in [0.15, 0.2) is 24.3 Å². The predicted molar refractivity (Wildman–Crippen MR) is 57.0 cm³/mol. The Labute approximate surface area is 92.8 Å². The largest absolute Gasteiger partial charge is 0.271 e. The molecule has 0 spiro atoms. The number of halogens is 2. The van der Waals surface area contributed by atoms with E-state index in [-0.39, 0.29) is 16.5 Å². The molecule has 86 valence electrons. The molecule has 3 aliphatic carbocycles. The summed E-state index contributed by atoms with van der Waals surface area (Å²) in [6.45, 7) is 0. The maximum atomic E-state index is 12.9. The van der Waals surface area contributed by atoms with Crippen LogP contribution in [0.1, 0.15) is 36.8 Å². The van der Waals surface area contributed by atoms with Crippen LogP contribution in [-0.2, 0) is 5.41 Å². The molecular weight excluding hydrogens is 210 g/mol. The minimum absolute atomic E-state index is 0.0284. The van der Waals surface area contributed by atoms with Gasteiger partial charge in [0.25, 0.3) is 6.43 Å². The van der Waals surface area contributed by atoms with Gasteiger partial charge in [-0.3, -0.25) is 11.3 Å². The smallest absolute Gasteiger partial charge is 0.264 e. The van der Waals surface area contributed by atoms with E-state index >= 15 is 0 Å². The zero-order chi connectivity index (χ0) is 11.4. The molecule has 0 unspecified atom stereocenters. The van der Waals surface area contributed by atoms with Gasteiger partial charge in [-0.1, -0.05) is 24.3 Å². The molecule has 0 saturated heterocycles. The molecule has 3 N–H and O–H groups in total. The number of alkyl halides is 2. The molecule has 1 aromatic carbocycles. The Morgan fingerprint density at radius 3 is 2.38 bits per heavy atom. The number of hydrazine groups is 1. The van der Waals surface area contributed by atoms with Crippen molar-refractivity contribution >= 4 is 0 Å². The van der Waals surface area contributed by atoms with E-state index in [9.17, 15) is 8.78 Å². The second-order valence-electron chi connectivity index (χ2n) is 5.12. The minimum Gasteiger partial charge on any atom is -0.271 e. The summed E-state index contributed by atoms with van der Waals surface area (Å²) in [4.78, 5) is 0. The van der Waals surface area contributed by atoms with Crippen molar-refractivity contribution in [1.82, 2.24) is 5.43 Å². The fraction of sp³-hybridized carbons (Fsp3) is 0.500. The van der Waals surface area contributed by atoms with Crippen LogP contribution in [-0.4, -0.2) is 5.54 Å². The van der Waals surface area contributed by atoms with Crippen LogP contribution in [0, 0.1) is 0 Å². The van der Waals surface area contributed by atoms with Gasteiger partial charge in [-0.05, 0) is 24.8 Å². The molecule has 0 aromatic heterocycles. The SMILES string of the molecule is NNC12CC(c3ccccc3C(F)F)(C1)C2. The third kappa shape index (κ3) is 1.11. The third-order valence-corrected chi connectivity index (χ3v) is 4.10. The van der Waals surface area contributed by atoms with Crippen LogP contribution in [0.2, 0.25) is 0 Å². The zero-order valence-corrected chi connectivity index (χ0v) is 8.84. The van der Waals surface area contributed by atoms with Gasteiger partial charge in [0.2, 0.25) is 0 Å². The lowest BCUT2D eigenvalue weighted by atomic mass is 9.37. The van der Waals surface area contributed by atoms with E-state index in [0.29, 0.717) is 0 Å². The first-order valence-corrected chi connectivity index (χ1v) is 5.46. The van der Waals surface area contributed by atoms with Gasteiger partial charge < -0.3 is 0 Å². The average molecular weight is 224 g/mol. The van der Waals surface area contributed by atoms with E-state index < -0.39 is 6.43 Å². The summed E-state index contributed by atoms with van der Waals surface area (Å²) in [6, 6.07) is 6.88. The van der Waals surface area contributed by atoms with Crippen LogP contribution in [0.25, 0.3) is 0 Å². The van der Waals surface area contributed by atoms with Gasteiger partial charge in [0, 0.05) is 16.5 Å². The highest BCUT2D eigenvalue weighted by Gasteiger charge is 2.68. The molecule has 0 amide bonds. The first-order valence-electron chi connectivity index (χ1n) is 5.46. The molecule has 0 radical (unpaired) electrons. The maximum absolute atomic E-state index is 12.9. The van der Waals surface area contributed by atoms with Crippen LogP contribution in [0.5, 0.6) is 0 Å². The molecule has 4 rings (SSSR count). The van der Waals surface area contributed by atoms with Crippen LogP contribution < -0.4 is 11.3 Å². The molecule has 2 bridgehead atoms. The Bertz CT molecular complexity index is 411. The standard InChI is InChI=1S/C12H14F2N2/c13-10(14)8-3-1-2-4-9(8)11-5-12(6-11,7-11)16-15/h1-4,10,16H,5-7,15H2. The summed E-state index contributed by atoms with van der Waals surface area (Å²) in [5.74, 6) is 5.44. The van der Waals surface area contributed by atoms with Crippen molar-refractivity contribution in [3.8, 4) is 0 Å². The lowest BCUT2D eigenvalue weighted by molar-refractivity contribution is -0.0899. The van der Waals surface area contributed by atoms with Crippen LogP contribution >= 0.6 is 0 Å². The first-order chi connectivity index (χ1) is 7.61. The normalized spacial score (nSPS) is 35.8. The van der Waals surface area contributed by atoms with Gasteiger partial charge in [0.1, 0.15) is 0 Å². The van der Waals surface area contributed by atoms with E-state index in [0.717, 1.165) is 24.8 Å². The van der Waals surface area contributed by atoms with Crippen molar-refractivity contribution in [3.05, 3.63) is 35.4 Å². The summed E-state index contributed by atoms with van der Waals surface area (Å²) in [5, 5.41) is 0. The van der Waals surface area contributed by atoms with Crippen LogP contribution in [0.4, 0.5) is 8.78 Å². The van der Waals surface area contributed by atoms with Gasteiger partial charge in [-0.2, -0.15) is 0 Å². The Morgan fingerprint density at radius 1 is 1.19 bits per heavy atom. The summed E-state index contributed by atoms with van der Waals surface area (Å²) < 4.78 is 25.7. The Balaban J connectivity index is 1.92. The van der Waals surface area contributed by atoms with Gasteiger partial charge in [-0.15, -0.1) is 0 Å². The third-order valence-electron chi connectivity index (χ3n) is 4.10. The van der Waals surface area contributed by atoms with E-state index in [4.69, 9.17) is 5.84 Å². The van der Waals surface area contributed by atoms with E-state index in [1.54, 1.807) is 6.07 Å². The highest BCUT2D eigenvalue weighted by Crippen LogP contribution is 2.68. The van der Waals surface area contributed by atoms with Gasteiger partial charge >= 0.3 is 0 Å². The maximum Gasteiger partial charge on any atom is 0.264 e. The van der Waals surface area contributed by atoms with Crippen molar-refractivity contribution in [2.75, 3.05) is 0 Å². The number of benzene rings is 1. The number of nitrogens with one attached hydrogen (secondary N) is 1. The lowest BCUT2D eigenvalue weighted by Gasteiger charge is -2.71. The monoisotopic (exact) mass is 224 g/mol. The fourth-order valence-electron chi connectivity index (χ4n) is 3.40. The Morgan fingerprint density at radius 2 is 1.81 bits per heavy atom. The summed E-state index contributed by atoms with van der Waals surface area (Å²) in [7, 11) is 0. The topological polar surface area (TPSA) is 38.0 Å². The number of hydrogen-bond donors (Lipinski definition) is 2. The Kier molecular flexibility index (Phi) is 1.92. The first kappa shape index (κ1) is 10.2. The molecule has 3 aliphatic rings. The van der Waals surface area contributed by atoms with Crippen molar-refractivity contribution < 1.29 is 8.78 Å². The van der Waals surface area contributed by atoms with Gasteiger partial charge in [-0.25, -0.2) is 8.78 Å². The molecule has 0 atom stereocenters. The second kappa shape index (κ2) is 3.02. The van der Waals surface area contributed by atoms with Crippen molar-refractivity contribution in [2.24, 2.45) is 5.84 Å². The van der Waals surface area contributed by atoms with Crippen LogP contribution in [0.3, 0.4) is 0 Å². The quantitative estimate of drug-likeness (QED) is 0.610. The molecule has 16 heavy (non-hydrogen) atoms. The molecule has 2 nitrogen and oxygen atoms in total. The molecule has 4 heteroatoms. The van der Waals surface area contributed by atoms with Crippen molar-refractivity contribution in [3.63, 3.8) is 0 Å². The van der Waals surface area contributed by atoms with Crippen molar-refractivity contribution in [2.45, 2.75) is 36.6 Å². The molecular formula is C12H14F2N2. The Hall–Kier alpha value is -1.00. The summed E-state index contributed by atoms with van der Waals surface area (Å²) in [5.41, 5.74) is 3.82. The van der Waals surface area contributed by atoms with Gasteiger partial charge in [0.05, 0.1) is 0 Å². The minimum atomic E-state index is -2.38. The zero-order valence-electron chi connectivity index (χ0n) is 8.84. The average Bonchev–Trinajstić information content (AvgIpc) is 2.15. The molecule has 3 saturated carbocycles. The molecule has 0 aliphatic heterocycles. The van der Waals surface area contributed by atoms with E-state index in [2.05, 4.69) is 5.43 Å². The van der Waals surface area contributed by atoms with Gasteiger partial charge in [0.15, 0.2) is 0 Å². The number of nitrogens with two attached hydrogens (primary N) is 1. The molecule has 3 fully saturated rings. The van der Waals surface area contributed by atoms with E-state index in [1.165, 1.54) is 6.07 Å². The second-order valence-corrected chi connectivity index (χ2v) is 5.12. The summed E-state index contributed by atoms with van der Waals surface area (Å²) in [6.07, 6.45) is 0.285. The molecule has 0 heterocycles. The highest BCUT2D eigenvalue weighted by molar-refractivity contribution is 5.46.